The Hall–Kier alpha value is -2.34. The maximum atomic E-state index is 12.1. The minimum atomic E-state index is -0.181. The first-order valence-corrected chi connectivity index (χ1v) is 8.85. The van der Waals surface area contributed by atoms with Gasteiger partial charge in [0, 0.05) is 21.9 Å². The van der Waals surface area contributed by atoms with Gasteiger partial charge in [0.1, 0.15) is 0 Å². The van der Waals surface area contributed by atoms with Crippen molar-refractivity contribution in [1.29, 1.82) is 0 Å². The summed E-state index contributed by atoms with van der Waals surface area (Å²) in [6, 6.07) is 9.71. The van der Waals surface area contributed by atoms with Gasteiger partial charge in [-0.3, -0.25) is 4.79 Å². The fourth-order valence-electron chi connectivity index (χ4n) is 2.75. The van der Waals surface area contributed by atoms with Gasteiger partial charge in [0.2, 0.25) is 5.91 Å². The Bertz CT molecular complexity index is 769. The SMILES string of the molecule is Cc1ccc(CNC(=O)N[C@@H](C)c2ccc3c(c2)CCC(=O)N3)s1. The number of benzene rings is 1. The van der Waals surface area contributed by atoms with Crippen LogP contribution in [0.3, 0.4) is 0 Å². The summed E-state index contributed by atoms with van der Waals surface area (Å²) in [5, 5.41) is 8.71. The highest BCUT2D eigenvalue weighted by molar-refractivity contribution is 7.11. The molecule has 0 saturated heterocycles. The van der Waals surface area contributed by atoms with Crippen LogP contribution in [0, 0.1) is 6.92 Å². The Labute approximate surface area is 145 Å². The maximum Gasteiger partial charge on any atom is 0.315 e. The standard InChI is InChI=1S/C18H21N3O2S/c1-11-3-6-15(24-11)10-19-18(23)20-12(2)13-4-7-16-14(9-13)5-8-17(22)21-16/h3-4,6-7,9,12H,5,8,10H2,1-2H3,(H,21,22)(H2,19,20,23)/t12-/m0/s1. The highest BCUT2D eigenvalue weighted by atomic mass is 32.1. The van der Waals surface area contributed by atoms with E-state index < -0.39 is 0 Å². The molecule has 1 aliphatic heterocycles. The second-order valence-electron chi connectivity index (χ2n) is 6.03. The summed E-state index contributed by atoms with van der Waals surface area (Å²) in [5.41, 5.74) is 3.03. The summed E-state index contributed by atoms with van der Waals surface area (Å²) in [5.74, 6) is 0.0598. The lowest BCUT2D eigenvalue weighted by molar-refractivity contribution is -0.116. The predicted octanol–water partition coefficient (Wildman–Crippen LogP) is 3.50. The molecule has 2 heterocycles. The van der Waals surface area contributed by atoms with Gasteiger partial charge < -0.3 is 16.0 Å². The lowest BCUT2D eigenvalue weighted by Gasteiger charge is -2.20. The zero-order chi connectivity index (χ0) is 17.1. The highest BCUT2D eigenvalue weighted by Gasteiger charge is 2.17. The van der Waals surface area contributed by atoms with E-state index in [1.165, 1.54) is 4.88 Å². The summed E-state index contributed by atoms with van der Waals surface area (Å²) < 4.78 is 0. The first-order valence-electron chi connectivity index (χ1n) is 8.03. The number of nitrogens with one attached hydrogen (secondary N) is 3. The van der Waals surface area contributed by atoms with Gasteiger partial charge in [-0.2, -0.15) is 0 Å². The van der Waals surface area contributed by atoms with E-state index in [1.54, 1.807) is 11.3 Å². The number of amides is 3. The number of rotatable bonds is 4. The number of fused-ring (bicyclic) bond motifs is 1. The number of urea groups is 1. The van der Waals surface area contributed by atoms with E-state index in [0.717, 1.165) is 28.1 Å². The molecule has 1 aromatic carbocycles. The molecule has 0 unspecified atom stereocenters. The van der Waals surface area contributed by atoms with E-state index in [0.29, 0.717) is 13.0 Å². The van der Waals surface area contributed by atoms with Crippen LogP contribution in [0.2, 0.25) is 0 Å². The van der Waals surface area contributed by atoms with Gasteiger partial charge in [0.25, 0.3) is 0 Å². The van der Waals surface area contributed by atoms with Gasteiger partial charge in [-0.1, -0.05) is 12.1 Å². The van der Waals surface area contributed by atoms with Crippen molar-refractivity contribution in [2.75, 3.05) is 5.32 Å². The Morgan fingerprint density at radius 2 is 2.12 bits per heavy atom. The van der Waals surface area contributed by atoms with Gasteiger partial charge in [0.05, 0.1) is 12.6 Å². The molecular weight excluding hydrogens is 322 g/mol. The normalized spacial score (nSPS) is 14.5. The Kier molecular flexibility index (Phi) is 4.85. The number of carbonyl (C=O) groups is 2. The summed E-state index contributed by atoms with van der Waals surface area (Å²) in [7, 11) is 0. The summed E-state index contributed by atoms with van der Waals surface area (Å²) >= 11 is 1.68. The van der Waals surface area contributed by atoms with E-state index in [9.17, 15) is 9.59 Å². The topological polar surface area (TPSA) is 70.2 Å². The van der Waals surface area contributed by atoms with E-state index in [-0.39, 0.29) is 18.0 Å². The molecule has 1 atom stereocenters. The van der Waals surface area contributed by atoms with E-state index >= 15 is 0 Å². The molecule has 126 valence electrons. The first kappa shape index (κ1) is 16.5. The van der Waals surface area contributed by atoms with Crippen LogP contribution < -0.4 is 16.0 Å². The van der Waals surface area contributed by atoms with Crippen LogP contribution in [-0.4, -0.2) is 11.9 Å². The van der Waals surface area contributed by atoms with Gasteiger partial charge in [-0.15, -0.1) is 11.3 Å². The molecule has 1 aliphatic rings. The molecule has 3 N–H and O–H groups in total. The highest BCUT2D eigenvalue weighted by Crippen LogP contribution is 2.26. The predicted molar refractivity (Wildman–Crippen MR) is 96.2 cm³/mol. The monoisotopic (exact) mass is 343 g/mol. The van der Waals surface area contributed by atoms with Crippen molar-refractivity contribution in [2.45, 2.75) is 39.3 Å². The smallest absolute Gasteiger partial charge is 0.315 e. The zero-order valence-electron chi connectivity index (χ0n) is 13.8. The number of aryl methyl sites for hydroxylation is 2. The second-order valence-corrected chi connectivity index (χ2v) is 7.40. The molecular formula is C18H21N3O2S. The minimum absolute atomic E-state index is 0.0598. The largest absolute Gasteiger partial charge is 0.333 e. The van der Waals surface area contributed by atoms with Crippen molar-refractivity contribution in [1.82, 2.24) is 10.6 Å². The third kappa shape index (κ3) is 3.94. The van der Waals surface area contributed by atoms with Crippen LogP contribution in [0.15, 0.2) is 30.3 Å². The molecule has 3 rings (SSSR count). The quantitative estimate of drug-likeness (QED) is 0.795. The number of thiophene rings is 1. The summed E-state index contributed by atoms with van der Waals surface area (Å²) in [6.45, 7) is 4.54. The molecule has 0 saturated carbocycles. The fourth-order valence-corrected chi connectivity index (χ4v) is 3.58. The molecule has 1 aromatic heterocycles. The Morgan fingerprint density at radius 3 is 2.88 bits per heavy atom. The molecule has 0 spiro atoms. The van der Waals surface area contributed by atoms with Crippen LogP contribution in [0.4, 0.5) is 10.5 Å². The van der Waals surface area contributed by atoms with Crippen LogP contribution >= 0.6 is 11.3 Å². The van der Waals surface area contributed by atoms with Crippen molar-refractivity contribution in [3.63, 3.8) is 0 Å². The Balaban J connectivity index is 1.57. The van der Waals surface area contributed by atoms with Crippen LogP contribution in [-0.2, 0) is 17.8 Å². The molecule has 3 amide bonds. The molecule has 2 aromatic rings. The van der Waals surface area contributed by atoms with Gasteiger partial charge in [-0.05, 0) is 49.6 Å². The third-order valence-corrected chi connectivity index (χ3v) is 5.09. The molecule has 0 fully saturated rings. The third-order valence-electron chi connectivity index (χ3n) is 4.09. The van der Waals surface area contributed by atoms with Crippen molar-refractivity contribution in [2.24, 2.45) is 0 Å². The molecule has 24 heavy (non-hydrogen) atoms. The van der Waals surface area contributed by atoms with Gasteiger partial charge in [-0.25, -0.2) is 4.79 Å². The zero-order valence-corrected chi connectivity index (χ0v) is 14.6. The first-order chi connectivity index (χ1) is 11.5. The molecule has 0 radical (unpaired) electrons. The van der Waals surface area contributed by atoms with Crippen molar-refractivity contribution in [3.05, 3.63) is 51.2 Å². The van der Waals surface area contributed by atoms with E-state index in [1.807, 2.05) is 31.2 Å². The average Bonchev–Trinajstić information content (AvgIpc) is 2.98. The summed E-state index contributed by atoms with van der Waals surface area (Å²) in [6.07, 6.45) is 1.25. The number of hydrogen-bond donors (Lipinski definition) is 3. The van der Waals surface area contributed by atoms with Crippen molar-refractivity contribution >= 4 is 29.0 Å². The van der Waals surface area contributed by atoms with Crippen LogP contribution in [0.1, 0.15) is 40.3 Å². The van der Waals surface area contributed by atoms with Gasteiger partial charge >= 0.3 is 6.03 Å². The van der Waals surface area contributed by atoms with Gasteiger partial charge in [0.15, 0.2) is 0 Å². The molecule has 0 aliphatic carbocycles. The summed E-state index contributed by atoms with van der Waals surface area (Å²) in [4.78, 5) is 25.8. The lowest BCUT2D eigenvalue weighted by Crippen LogP contribution is -2.36. The number of anilines is 1. The molecule has 6 heteroatoms. The van der Waals surface area contributed by atoms with Crippen molar-refractivity contribution < 1.29 is 9.59 Å². The average molecular weight is 343 g/mol. The van der Waals surface area contributed by atoms with E-state index in [4.69, 9.17) is 0 Å². The van der Waals surface area contributed by atoms with Crippen molar-refractivity contribution in [3.8, 4) is 0 Å². The second kappa shape index (κ2) is 7.05. The number of carbonyl (C=O) groups excluding carboxylic acids is 2. The minimum Gasteiger partial charge on any atom is -0.333 e. The van der Waals surface area contributed by atoms with Crippen LogP contribution in [0.5, 0.6) is 0 Å². The molecule has 5 nitrogen and oxygen atoms in total. The maximum absolute atomic E-state index is 12.1. The molecule has 0 bridgehead atoms. The van der Waals surface area contributed by atoms with E-state index in [2.05, 4.69) is 28.9 Å². The lowest BCUT2D eigenvalue weighted by atomic mass is 9.98. The number of hydrogen-bond acceptors (Lipinski definition) is 3. The Morgan fingerprint density at radius 1 is 1.29 bits per heavy atom. The van der Waals surface area contributed by atoms with Crippen LogP contribution in [0.25, 0.3) is 0 Å². The fraction of sp³-hybridized carbons (Fsp3) is 0.333.